The molecule has 0 spiro atoms. The zero-order chi connectivity index (χ0) is 15.7. The molecule has 0 saturated heterocycles. The number of alkyl halides is 3. The van der Waals surface area contributed by atoms with E-state index < -0.39 is 39.9 Å². The number of anilines is 1. The number of amides is 1. The smallest absolute Gasteiger partial charge is 0.471 e. The summed E-state index contributed by atoms with van der Waals surface area (Å²) in [4.78, 5) is 31.5. The van der Waals surface area contributed by atoms with Gasteiger partial charge in [0, 0.05) is 13.1 Å². The first-order valence-corrected chi connectivity index (χ1v) is 4.92. The van der Waals surface area contributed by atoms with Gasteiger partial charge in [-0.25, -0.2) is 4.79 Å². The van der Waals surface area contributed by atoms with Crippen molar-refractivity contribution in [1.29, 1.82) is 0 Å². The van der Waals surface area contributed by atoms with Crippen molar-refractivity contribution in [2.75, 3.05) is 11.9 Å². The quantitative estimate of drug-likeness (QED) is 0.676. The lowest BCUT2D eigenvalue weighted by Gasteiger charge is -2.18. The van der Waals surface area contributed by atoms with Crippen LogP contribution < -0.4 is 4.90 Å². The predicted octanol–water partition coefficient (Wildman–Crippen LogP) is 1.82. The number of hydrogen-bond acceptors (Lipinski definition) is 4. The third kappa shape index (κ3) is 3.02. The molecule has 1 amide bonds. The fourth-order valence-electron chi connectivity index (χ4n) is 1.38. The lowest BCUT2D eigenvalue weighted by molar-refractivity contribution is -0.384. The van der Waals surface area contributed by atoms with Crippen LogP contribution in [0.4, 0.5) is 24.5 Å². The Balaban J connectivity index is 3.40. The highest BCUT2D eigenvalue weighted by molar-refractivity contribution is 6.00. The highest BCUT2D eigenvalue weighted by Gasteiger charge is 2.43. The molecule has 0 radical (unpaired) electrons. The molecule has 7 nitrogen and oxygen atoms in total. The largest absolute Gasteiger partial charge is 0.478 e. The minimum absolute atomic E-state index is 0.00935. The van der Waals surface area contributed by atoms with Gasteiger partial charge < -0.3 is 10.0 Å². The molecular weight excluding hydrogens is 285 g/mol. The van der Waals surface area contributed by atoms with Crippen LogP contribution in [0.5, 0.6) is 0 Å². The van der Waals surface area contributed by atoms with E-state index in [1.54, 1.807) is 0 Å². The maximum atomic E-state index is 12.3. The van der Waals surface area contributed by atoms with Crippen molar-refractivity contribution < 1.29 is 32.8 Å². The van der Waals surface area contributed by atoms with E-state index in [2.05, 4.69) is 0 Å². The van der Waals surface area contributed by atoms with Crippen LogP contribution in [0.15, 0.2) is 18.2 Å². The van der Waals surface area contributed by atoms with E-state index in [4.69, 9.17) is 5.11 Å². The Kier molecular flexibility index (Phi) is 3.97. The number of rotatable bonds is 3. The summed E-state index contributed by atoms with van der Waals surface area (Å²) in [7, 11) is 0.670. The second-order valence-corrected chi connectivity index (χ2v) is 3.63. The summed E-state index contributed by atoms with van der Waals surface area (Å²) in [5, 5.41) is 19.4. The van der Waals surface area contributed by atoms with Gasteiger partial charge in [0.05, 0.1) is 10.5 Å². The number of hydrogen-bond donors (Lipinski definition) is 1. The molecule has 0 fully saturated rings. The van der Waals surface area contributed by atoms with E-state index in [0.717, 1.165) is 12.1 Å². The van der Waals surface area contributed by atoms with E-state index in [-0.39, 0.29) is 4.90 Å². The molecule has 1 aromatic carbocycles. The highest BCUT2D eigenvalue weighted by atomic mass is 19.4. The van der Waals surface area contributed by atoms with Gasteiger partial charge in [0.2, 0.25) is 0 Å². The number of carboxylic acid groups (broad SMARTS) is 1. The molecule has 0 atom stereocenters. The van der Waals surface area contributed by atoms with Crippen molar-refractivity contribution in [3.63, 3.8) is 0 Å². The van der Waals surface area contributed by atoms with Crippen molar-refractivity contribution >= 4 is 23.3 Å². The molecule has 1 rings (SSSR count). The van der Waals surface area contributed by atoms with E-state index in [0.29, 0.717) is 13.1 Å². The molecule has 20 heavy (non-hydrogen) atoms. The molecule has 0 aliphatic heterocycles. The van der Waals surface area contributed by atoms with Gasteiger partial charge in [0.15, 0.2) is 0 Å². The Morgan fingerprint density at radius 1 is 1.35 bits per heavy atom. The van der Waals surface area contributed by atoms with Crippen LogP contribution in [0.1, 0.15) is 10.4 Å². The zero-order valence-corrected chi connectivity index (χ0v) is 9.84. The fourth-order valence-corrected chi connectivity index (χ4v) is 1.38. The number of aromatic carboxylic acids is 1. The van der Waals surface area contributed by atoms with Gasteiger partial charge in [-0.3, -0.25) is 14.9 Å². The Bertz CT molecular complexity index is 585. The molecular formula is C10H7F3N2O5. The lowest BCUT2D eigenvalue weighted by Crippen LogP contribution is -2.38. The van der Waals surface area contributed by atoms with Gasteiger partial charge in [-0.2, -0.15) is 13.2 Å². The molecule has 1 N–H and O–H groups in total. The average molecular weight is 292 g/mol. The summed E-state index contributed by atoms with van der Waals surface area (Å²) < 4.78 is 36.9. The third-order valence-corrected chi connectivity index (χ3v) is 2.33. The van der Waals surface area contributed by atoms with Crippen molar-refractivity contribution in [1.82, 2.24) is 0 Å². The molecule has 0 saturated carbocycles. The van der Waals surface area contributed by atoms with Gasteiger partial charge in [-0.1, -0.05) is 0 Å². The van der Waals surface area contributed by atoms with Gasteiger partial charge in [-0.15, -0.1) is 0 Å². The van der Waals surface area contributed by atoms with Crippen molar-refractivity contribution in [3.8, 4) is 0 Å². The number of carbonyl (C=O) groups is 2. The zero-order valence-electron chi connectivity index (χ0n) is 9.84. The van der Waals surface area contributed by atoms with Crippen LogP contribution in [-0.2, 0) is 4.79 Å². The van der Waals surface area contributed by atoms with Crippen LogP contribution in [0, 0.1) is 10.1 Å². The van der Waals surface area contributed by atoms with Gasteiger partial charge in [0.1, 0.15) is 5.69 Å². The molecule has 10 heteroatoms. The van der Waals surface area contributed by atoms with E-state index >= 15 is 0 Å². The van der Waals surface area contributed by atoms with Gasteiger partial charge in [0.25, 0.3) is 5.69 Å². The molecule has 0 aliphatic carbocycles. The van der Waals surface area contributed by atoms with Crippen LogP contribution >= 0.6 is 0 Å². The van der Waals surface area contributed by atoms with Crippen molar-refractivity contribution in [2.24, 2.45) is 0 Å². The molecule has 1 aromatic rings. The Morgan fingerprint density at radius 3 is 2.30 bits per heavy atom. The summed E-state index contributed by atoms with van der Waals surface area (Å²) in [5.74, 6) is -3.84. The van der Waals surface area contributed by atoms with E-state index in [1.165, 1.54) is 0 Å². The Hall–Kier alpha value is -2.65. The molecule has 0 aliphatic rings. The lowest BCUT2D eigenvalue weighted by atomic mass is 10.1. The standard InChI is InChI=1S/C10H7F3N2O5/c1-14(9(18)10(11,12)13)7-4-5(8(16)17)2-3-6(7)15(19)20/h2-4H,1H3,(H,16,17). The predicted molar refractivity (Wildman–Crippen MR) is 59.5 cm³/mol. The number of nitrogens with zero attached hydrogens (tertiary/aromatic N) is 2. The number of nitro groups is 1. The molecule has 0 heterocycles. The number of halogens is 3. The summed E-state index contributed by atoms with van der Waals surface area (Å²) >= 11 is 0. The van der Waals surface area contributed by atoms with Gasteiger partial charge >= 0.3 is 18.1 Å². The molecule has 0 bridgehead atoms. The molecule has 0 unspecified atom stereocenters. The maximum absolute atomic E-state index is 12.3. The molecule has 108 valence electrons. The second-order valence-electron chi connectivity index (χ2n) is 3.63. The van der Waals surface area contributed by atoms with Crippen LogP contribution in [0.2, 0.25) is 0 Å². The van der Waals surface area contributed by atoms with E-state index in [9.17, 15) is 32.9 Å². The monoisotopic (exact) mass is 292 g/mol. The number of carbonyl (C=O) groups excluding carboxylic acids is 1. The first-order chi connectivity index (χ1) is 9.05. The maximum Gasteiger partial charge on any atom is 0.471 e. The minimum atomic E-state index is -5.23. The number of benzene rings is 1. The number of carboxylic acids is 1. The average Bonchev–Trinajstić information content (AvgIpc) is 2.34. The number of nitro benzene ring substituents is 1. The fraction of sp³-hybridized carbons (Fsp3) is 0.200. The van der Waals surface area contributed by atoms with Crippen LogP contribution in [-0.4, -0.2) is 35.1 Å². The summed E-state index contributed by atoms with van der Waals surface area (Å²) in [6.45, 7) is 0. The van der Waals surface area contributed by atoms with Gasteiger partial charge in [-0.05, 0) is 12.1 Å². The first-order valence-electron chi connectivity index (χ1n) is 4.92. The third-order valence-electron chi connectivity index (χ3n) is 2.33. The Morgan fingerprint density at radius 2 is 1.90 bits per heavy atom. The topological polar surface area (TPSA) is 101 Å². The second kappa shape index (κ2) is 5.15. The summed E-state index contributed by atoms with van der Waals surface area (Å²) in [5.41, 5.74) is -2.04. The molecule has 0 aromatic heterocycles. The van der Waals surface area contributed by atoms with Crippen molar-refractivity contribution in [2.45, 2.75) is 6.18 Å². The van der Waals surface area contributed by atoms with Crippen molar-refractivity contribution in [3.05, 3.63) is 33.9 Å². The summed E-state index contributed by atoms with van der Waals surface area (Å²) in [6.07, 6.45) is -5.23. The first kappa shape index (κ1) is 15.4. The minimum Gasteiger partial charge on any atom is -0.478 e. The van der Waals surface area contributed by atoms with E-state index in [1.807, 2.05) is 0 Å². The SMILES string of the molecule is CN(C(=O)C(F)(F)F)c1cc(C(=O)O)ccc1[N+](=O)[O-]. The normalized spacial score (nSPS) is 11.0. The highest BCUT2D eigenvalue weighted by Crippen LogP contribution is 2.31. The van der Waals surface area contributed by atoms with Crippen LogP contribution in [0.3, 0.4) is 0 Å². The van der Waals surface area contributed by atoms with Crippen LogP contribution in [0.25, 0.3) is 0 Å². The Labute approximate surface area is 109 Å². The summed E-state index contributed by atoms with van der Waals surface area (Å²) in [6, 6.07) is 2.21.